The number of benzene rings is 1. The van der Waals surface area contributed by atoms with E-state index in [1.165, 1.54) is 24.4 Å². The van der Waals surface area contributed by atoms with E-state index in [0.717, 1.165) is 0 Å². The van der Waals surface area contributed by atoms with Gasteiger partial charge in [0.05, 0.1) is 11.2 Å². The number of nitrogens with two attached hydrogens (primary N) is 1. The maximum Gasteiger partial charge on any atom is 0.173 e. The molecule has 0 aliphatic rings. The third-order valence-electron chi connectivity index (χ3n) is 2.81. The Hall–Kier alpha value is -1.86. The van der Waals surface area contributed by atoms with E-state index < -0.39 is 11.6 Å². The number of nitrogens with zero attached hydrogens (tertiary/aromatic N) is 2. The van der Waals surface area contributed by atoms with E-state index in [1.807, 2.05) is 0 Å². The van der Waals surface area contributed by atoms with Crippen molar-refractivity contribution in [2.24, 2.45) is 5.73 Å². The van der Waals surface area contributed by atoms with Gasteiger partial charge in [-0.25, -0.2) is 8.78 Å². The van der Waals surface area contributed by atoms with Gasteiger partial charge in [0.2, 0.25) is 0 Å². The maximum atomic E-state index is 13.6. The first-order chi connectivity index (χ1) is 9.99. The summed E-state index contributed by atoms with van der Waals surface area (Å²) in [5, 5.41) is 10.4. The van der Waals surface area contributed by atoms with E-state index in [1.54, 1.807) is 0 Å². The maximum absolute atomic E-state index is 13.6. The van der Waals surface area contributed by atoms with Crippen molar-refractivity contribution in [1.29, 1.82) is 0 Å². The molecule has 1 heterocycles. The van der Waals surface area contributed by atoms with Crippen LogP contribution < -0.4 is 11.1 Å². The van der Waals surface area contributed by atoms with Crippen molar-refractivity contribution >= 4 is 34.7 Å². The van der Waals surface area contributed by atoms with Gasteiger partial charge in [0, 0.05) is 5.56 Å². The Morgan fingerprint density at radius 3 is 2.57 bits per heavy atom. The van der Waals surface area contributed by atoms with Crippen molar-refractivity contribution in [1.82, 2.24) is 10.2 Å². The Labute approximate surface area is 130 Å². The minimum Gasteiger partial charge on any atom is -0.376 e. The van der Waals surface area contributed by atoms with Crippen LogP contribution in [0, 0.1) is 11.6 Å². The molecule has 0 amide bonds. The van der Waals surface area contributed by atoms with E-state index in [4.69, 9.17) is 29.6 Å². The molecule has 2 rings (SSSR count). The summed E-state index contributed by atoms with van der Waals surface area (Å²) in [6, 6.07) is 3.74. The average Bonchev–Trinajstić information content (AvgIpc) is 2.41. The van der Waals surface area contributed by atoms with Gasteiger partial charge in [-0.05, 0) is 42.8 Å². The molecule has 4 nitrogen and oxygen atoms in total. The van der Waals surface area contributed by atoms with Crippen molar-refractivity contribution < 1.29 is 8.78 Å². The Bertz CT molecular complexity index is 661. The molecule has 0 bridgehead atoms. The standard InChI is InChI=1S/C13H11ClF2N4S/c14-11-7(6-18-20-12(11)19-13(17)21)4-5-8-9(15)2-1-3-10(8)16/h1-3,6H,4-5H2,(H3,17,19,20,21). The van der Waals surface area contributed by atoms with E-state index in [9.17, 15) is 8.78 Å². The zero-order valence-corrected chi connectivity index (χ0v) is 12.3. The second-order valence-corrected chi connectivity index (χ2v) is 5.04. The Morgan fingerprint density at radius 1 is 1.29 bits per heavy atom. The predicted molar refractivity (Wildman–Crippen MR) is 81.2 cm³/mol. The number of hydrogen-bond donors (Lipinski definition) is 2. The molecule has 0 unspecified atom stereocenters. The van der Waals surface area contributed by atoms with Crippen LogP contribution in [0.2, 0.25) is 5.02 Å². The molecule has 1 aromatic heterocycles. The molecule has 0 aliphatic carbocycles. The van der Waals surface area contributed by atoms with Crippen LogP contribution in [-0.2, 0) is 12.8 Å². The first-order valence-corrected chi connectivity index (χ1v) is 6.77. The average molecular weight is 329 g/mol. The van der Waals surface area contributed by atoms with E-state index in [-0.39, 0.29) is 27.9 Å². The molecule has 0 aliphatic heterocycles. The first kappa shape index (κ1) is 15.5. The van der Waals surface area contributed by atoms with Crippen LogP contribution in [-0.4, -0.2) is 15.3 Å². The van der Waals surface area contributed by atoms with Gasteiger partial charge in [0.1, 0.15) is 11.6 Å². The highest BCUT2D eigenvalue weighted by Gasteiger charge is 2.12. The minimum absolute atomic E-state index is 0.00324. The van der Waals surface area contributed by atoms with Gasteiger partial charge >= 0.3 is 0 Å². The fourth-order valence-corrected chi connectivity index (χ4v) is 2.14. The van der Waals surface area contributed by atoms with Gasteiger partial charge in [-0.1, -0.05) is 17.7 Å². The lowest BCUT2D eigenvalue weighted by molar-refractivity contribution is 0.554. The smallest absolute Gasteiger partial charge is 0.173 e. The molecule has 0 spiro atoms. The van der Waals surface area contributed by atoms with Crippen molar-refractivity contribution in [3.8, 4) is 0 Å². The number of thiocarbonyl (C=S) groups is 1. The Kier molecular flexibility index (Phi) is 4.98. The molecule has 0 saturated heterocycles. The fourth-order valence-electron chi connectivity index (χ4n) is 1.81. The van der Waals surface area contributed by atoms with Crippen LogP contribution in [0.4, 0.5) is 14.6 Å². The SMILES string of the molecule is NC(=S)Nc1nncc(CCc2c(F)cccc2F)c1Cl. The third-order valence-corrected chi connectivity index (χ3v) is 3.33. The molecule has 3 N–H and O–H groups in total. The van der Waals surface area contributed by atoms with Crippen molar-refractivity contribution in [3.63, 3.8) is 0 Å². The molecule has 2 aromatic rings. The number of aromatic nitrogens is 2. The third kappa shape index (κ3) is 3.83. The van der Waals surface area contributed by atoms with Gasteiger partial charge in [0.25, 0.3) is 0 Å². The second kappa shape index (κ2) is 6.73. The normalized spacial score (nSPS) is 10.4. The molecule has 0 atom stereocenters. The summed E-state index contributed by atoms with van der Waals surface area (Å²) in [5.74, 6) is -0.958. The molecule has 0 saturated carbocycles. The van der Waals surface area contributed by atoms with Crippen LogP contribution in [0.5, 0.6) is 0 Å². The summed E-state index contributed by atoms with van der Waals surface area (Å²) >= 11 is 10.8. The number of nitrogens with one attached hydrogen (secondary N) is 1. The highest BCUT2D eigenvalue weighted by atomic mass is 35.5. The monoisotopic (exact) mass is 328 g/mol. The van der Waals surface area contributed by atoms with E-state index in [0.29, 0.717) is 12.0 Å². The van der Waals surface area contributed by atoms with Crippen LogP contribution in [0.15, 0.2) is 24.4 Å². The molecule has 0 radical (unpaired) electrons. The lowest BCUT2D eigenvalue weighted by Gasteiger charge is -2.09. The zero-order valence-electron chi connectivity index (χ0n) is 10.7. The predicted octanol–water partition coefficient (Wildman–Crippen LogP) is 2.85. The summed E-state index contributed by atoms with van der Waals surface area (Å²) in [7, 11) is 0. The largest absolute Gasteiger partial charge is 0.376 e. The number of hydrogen-bond acceptors (Lipinski definition) is 3. The molecular formula is C13H11ClF2N4S. The van der Waals surface area contributed by atoms with Crippen molar-refractivity contribution in [2.75, 3.05) is 5.32 Å². The lowest BCUT2D eigenvalue weighted by Crippen LogP contribution is -2.20. The first-order valence-electron chi connectivity index (χ1n) is 5.98. The van der Waals surface area contributed by atoms with E-state index >= 15 is 0 Å². The number of rotatable bonds is 4. The summed E-state index contributed by atoms with van der Waals surface area (Å²) in [5.41, 5.74) is 5.94. The molecular weight excluding hydrogens is 318 g/mol. The molecule has 21 heavy (non-hydrogen) atoms. The summed E-state index contributed by atoms with van der Waals surface area (Å²) < 4.78 is 27.1. The van der Waals surface area contributed by atoms with Gasteiger partial charge in [-0.15, -0.1) is 5.10 Å². The fraction of sp³-hybridized carbons (Fsp3) is 0.154. The lowest BCUT2D eigenvalue weighted by atomic mass is 10.0. The van der Waals surface area contributed by atoms with Gasteiger partial charge in [-0.3, -0.25) is 0 Å². The van der Waals surface area contributed by atoms with Gasteiger partial charge in [-0.2, -0.15) is 5.10 Å². The summed E-state index contributed by atoms with van der Waals surface area (Å²) in [6.45, 7) is 0. The minimum atomic E-state index is -0.588. The van der Waals surface area contributed by atoms with Crippen LogP contribution >= 0.6 is 23.8 Å². The second-order valence-electron chi connectivity index (χ2n) is 4.22. The number of halogens is 3. The molecule has 1 aromatic carbocycles. The zero-order chi connectivity index (χ0) is 15.4. The molecule has 0 fully saturated rings. The van der Waals surface area contributed by atoms with Crippen molar-refractivity contribution in [3.05, 3.63) is 52.2 Å². The molecule has 110 valence electrons. The quantitative estimate of drug-likeness (QED) is 0.845. The van der Waals surface area contributed by atoms with E-state index in [2.05, 4.69) is 15.5 Å². The highest BCUT2D eigenvalue weighted by molar-refractivity contribution is 7.80. The van der Waals surface area contributed by atoms with Crippen molar-refractivity contribution in [2.45, 2.75) is 12.8 Å². The topological polar surface area (TPSA) is 63.8 Å². The Balaban J connectivity index is 2.19. The number of aryl methyl sites for hydroxylation is 1. The summed E-state index contributed by atoms with van der Waals surface area (Å²) in [4.78, 5) is 0. The van der Waals surface area contributed by atoms with Crippen LogP contribution in [0.3, 0.4) is 0 Å². The van der Waals surface area contributed by atoms with Gasteiger partial charge in [0.15, 0.2) is 10.9 Å². The summed E-state index contributed by atoms with van der Waals surface area (Å²) in [6.07, 6.45) is 1.89. The highest BCUT2D eigenvalue weighted by Crippen LogP contribution is 2.24. The molecule has 8 heteroatoms. The Morgan fingerprint density at radius 2 is 1.95 bits per heavy atom. The van der Waals surface area contributed by atoms with Crippen LogP contribution in [0.25, 0.3) is 0 Å². The number of anilines is 1. The van der Waals surface area contributed by atoms with Gasteiger partial charge < -0.3 is 11.1 Å². The van der Waals surface area contributed by atoms with Crippen LogP contribution in [0.1, 0.15) is 11.1 Å².